The predicted octanol–water partition coefficient (Wildman–Crippen LogP) is 8.83. The second-order valence-electron chi connectivity index (χ2n) is 12.1. The zero-order valence-corrected chi connectivity index (χ0v) is 24.9. The first-order valence-corrected chi connectivity index (χ1v) is 14.4. The molecule has 1 aliphatic rings. The number of likely N-dealkylation sites (N-methyl/N-ethyl adjacent to an activating group) is 1. The van der Waals surface area contributed by atoms with Crippen molar-refractivity contribution in [1.82, 2.24) is 4.98 Å². The summed E-state index contributed by atoms with van der Waals surface area (Å²) in [6.45, 7) is 4.33. The van der Waals surface area contributed by atoms with Gasteiger partial charge in [-0.2, -0.15) is 26.3 Å². The van der Waals surface area contributed by atoms with E-state index in [2.05, 4.69) is 4.98 Å². The minimum absolute atomic E-state index is 0.0300. The lowest BCUT2D eigenvalue weighted by molar-refractivity contribution is -0.143. The van der Waals surface area contributed by atoms with Crippen LogP contribution >= 0.6 is 0 Å². The molecule has 4 rings (SSSR count). The zero-order valence-electron chi connectivity index (χ0n) is 24.9. The fourth-order valence-corrected chi connectivity index (χ4v) is 6.07. The van der Waals surface area contributed by atoms with Crippen LogP contribution in [0.25, 0.3) is 11.1 Å². The van der Waals surface area contributed by atoms with Crippen LogP contribution in [0.15, 0.2) is 48.7 Å². The molecule has 44 heavy (non-hydrogen) atoms. The number of aliphatic hydroxyl groups excluding tert-OH is 1. The van der Waals surface area contributed by atoms with Crippen LogP contribution in [0.5, 0.6) is 0 Å². The van der Waals surface area contributed by atoms with Crippen LogP contribution in [-0.4, -0.2) is 29.7 Å². The molecule has 1 aromatic heterocycles. The number of benzene rings is 2. The maximum Gasteiger partial charge on any atom is 0.416 e. The van der Waals surface area contributed by atoms with E-state index in [4.69, 9.17) is 0 Å². The van der Waals surface area contributed by atoms with Gasteiger partial charge >= 0.3 is 12.4 Å². The van der Waals surface area contributed by atoms with E-state index < -0.39 is 46.2 Å². The maximum atomic E-state index is 14.1. The molecule has 0 spiro atoms. The smallest absolute Gasteiger partial charge is 0.396 e. The van der Waals surface area contributed by atoms with Crippen molar-refractivity contribution in [3.05, 3.63) is 82.4 Å². The first kappa shape index (κ1) is 33.4. The SMILES string of the molecule is Cc1cc(F)ccc1-c1cc(C2CCCC(CCO)C2)ncc1N(C)C(=O)C(C)(C)c1cc(C(F)(F)F)cc(C(F)(F)F)c1. The van der Waals surface area contributed by atoms with Crippen molar-refractivity contribution in [3.63, 3.8) is 0 Å². The number of hydrogen-bond acceptors (Lipinski definition) is 3. The predicted molar refractivity (Wildman–Crippen MR) is 154 cm³/mol. The third kappa shape index (κ3) is 7.08. The minimum Gasteiger partial charge on any atom is -0.396 e. The lowest BCUT2D eigenvalue weighted by Crippen LogP contribution is -2.42. The summed E-state index contributed by atoms with van der Waals surface area (Å²) in [6, 6.07) is 7.17. The lowest BCUT2D eigenvalue weighted by atomic mass is 9.78. The number of rotatable bonds is 7. The highest BCUT2D eigenvalue weighted by Crippen LogP contribution is 2.43. The molecule has 1 fully saturated rings. The van der Waals surface area contributed by atoms with Gasteiger partial charge in [0.05, 0.1) is 28.4 Å². The molecule has 1 aliphatic carbocycles. The van der Waals surface area contributed by atoms with E-state index in [0.717, 1.165) is 31.4 Å². The highest BCUT2D eigenvalue weighted by Gasteiger charge is 2.41. The summed E-state index contributed by atoms with van der Waals surface area (Å²) in [5.74, 6) is -0.814. The Hall–Kier alpha value is -3.47. The Labute approximate surface area is 251 Å². The van der Waals surface area contributed by atoms with Crippen molar-refractivity contribution in [2.75, 3.05) is 18.6 Å². The Morgan fingerprint density at radius 2 is 1.55 bits per heavy atom. The fourth-order valence-electron chi connectivity index (χ4n) is 6.07. The minimum atomic E-state index is -5.07. The number of aromatic nitrogens is 1. The normalized spacial score (nSPS) is 17.9. The van der Waals surface area contributed by atoms with Crippen LogP contribution in [0, 0.1) is 18.7 Å². The Kier molecular flexibility index (Phi) is 9.49. The second-order valence-corrected chi connectivity index (χ2v) is 12.1. The zero-order chi connectivity index (χ0) is 32.6. The molecule has 0 bridgehead atoms. The summed E-state index contributed by atoms with van der Waals surface area (Å²) >= 11 is 0. The first-order valence-electron chi connectivity index (χ1n) is 14.4. The fraction of sp³-hybridized carbons (Fsp3) is 0.455. The van der Waals surface area contributed by atoms with Crippen molar-refractivity contribution >= 4 is 11.6 Å². The number of aryl methyl sites for hydroxylation is 1. The summed E-state index contributed by atoms with van der Waals surface area (Å²) in [5, 5.41) is 9.43. The molecule has 1 saturated carbocycles. The summed E-state index contributed by atoms with van der Waals surface area (Å²) < 4.78 is 95.7. The van der Waals surface area contributed by atoms with Gasteiger partial charge in [-0.05, 0) is 99.0 Å². The van der Waals surface area contributed by atoms with Gasteiger partial charge in [-0.1, -0.05) is 18.9 Å². The molecule has 0 saturated heterocycles. The van der Waals surface area contributed by atoms with Crippen LogP contribution in [0.4, 0.5) is 36.4 Å². The van der Waals surface area contributed by atoms with Crippen LogP contribution in [0.2, 0.25) is 0 Å². The molecule has 1 N–H and O–H groups in total. The molecule has 3 aromatic rings. The highest BCUT2D eigenvalue weighted by atomic mass is 19.4. The molecular formula is C33H35F7N2O2. The number of nitrogens with zero attached hydrogens (tertiary/aromatic N) is 2. The second kappa shape index (κ2) is 12.5. The summed E-state index contributed by atoms with van der Waals surface area (Å²) in [7, 11) is 1.39. The van der Waals surface area contributed by atoms with Gasteiger partial charge in [0.2, 0.25) is 5.91 Å². The average Bonchev–Trinajstić information content (AvgIpc) is 2.95. The van der Waals surface area contributed by atoms with Gasteiger partial charge in [0, 0.05) is 30.8 Å². The first-order chi connectivity index (χ1) is 20.4. The summed E-state index contributed by atoms with van der Waals surface area (Å²) in [5.41, 5.74) is -2.55. The van der Waals surface area contributed by atoms with Gasteiger partial charge in [-0.15, -0.1) is 0 Å². The quantitative estimate of drug-likeness (QED) is 0.267. The highest BCUT2D eigenvalue weighted by molar-refractivity contribution is 6.03. The molecular weight excluding hydrogens is 589 g/mol. The lowest BCUT2D eigenvalue weighted by Gasteiger charge is -2.33. The summed E-state index contributed by atoms with van der Waals surface area (Å²) in [6.07, 6.45) is -4.35. The number of alkyl halides is 6. The number of aliphatic hydroxyl groups is 1. The van der Waals surface area contributed by atoms with Crippen LogP contribution in [-0.2, 0) is 22.6 Å². The Morgan fingerprint density at radius 3 is 2.11 bits per heavy atom. The number of carbonyl (C=O) groups excluding carboxylic acids is 1. The topological polar surface area (TPSA) is 53.4 Å². The maximum absolute atomic E-state index is 14.1. The van der Waals surface area contributed by atoms with Crippen molar-refractivity contribution in [1.29, 1.82) is 0 Å². The van der Waals surface area contributed by atoms with E-state index in [0.29, 0.717) is 41.2 Å². The molecule has 2 atom stereocenters. The Morgan fingerprint density at radius 1 is 0.932 bits per heavy atom. The third-order valence-electron chi connectivity index (χ3n) is 8.63. The number of carbonyl (C=O) groups is 1. The van der Waals surface area contributed by atoms with Crippen molar-refractivity contribution in [2.45, 2.75) is 76.6 Å². The Bertz CT molecular complexity index is 1480. The van der Waals surface area contributed by atoms with E-state index >= 15 is 0 Å². The van der Waals surface area contributed by atoms with Gasteiger partial charge < -0.3 is 10.0 Å². The largest absolute Gasteiger partial charge is 0.416 e. The van der Waals surface area contributed by atoms with Gasteiger partial charge in [-0.25, -0.2) is 4.39 Å². The van der Waals surface area contributed by atoms with Crippen LogP contribution in [0.1, 0.15) is 79.8 Å². The number of hydrogen-bond donors (Lipinski definition) is 1. The standard InChI is InChI=1S/C33H35F7N2O2/c1-19-12-25(34)8-9-26(19)27-17-28(21-7-5-6-20(13-21)10-11-43)41-18-29(27)42(4)30(44)31(2,3)22-14-23(32(35,36)37)16-24(15-22)33(38,39)40/h8-9,12,14-18,20-21,43H,5-7,10-11,13H2,1-4H3. The van der Waals surface area contributed by atoms with Gasteiger partial charge in [0.1, 0.15) is 5.82 Å². The Balaban J connectivity index is 1.80. The van der Waals surface area contributed by atoms with E-state index in [1.54, 1.807) is 13.0 Å². The van der Waals surface area contributed by atoms with Gasteiger partial charge in [-0.3, -0.25) is 9.78 Å². The third-order valence-corrected chi connectivity index (χ3v) is 8.63. The van der Waals surface area contributed by atoms with Gasteiger partial charge in [0.15, 0.2) is 0 Å². The summed E-state index contributed by atoms with van der Waals surface area (Å²) in [4.78, 5) is 19.8. The van der Waals surface area contributed by atoms with Crippen molar-refractivity contribution < 1.29 is 40.6 Å². The van der Waals surface area contributed by atoms with Gasteiger partial charge in [0.25, 0.3) is 0 Å². The molecule has 1 heterocycles. The van der Waals surface area contributed by atoms with E-state index in [9.17, 15) is 40.6 Å². The molecule has 0 radical (unpaired) electrons. The molecule has 238 valence electrons. The molecule has 2 unspecified atom stereocenters. The molecule has 11 heteroatoms. The number of anilines is 1. The number of halogens is 7. The van der Waals surface area contributed by atoms with E-state index in [1.165, 1.54) is 44.1 Å². The average molecular weight is 625 g/mol. The molecule has 4 nitrogen and oxygen atoms in total. The van der Waals surface area contributed by atoms with Crippen molar-refractivity contribution in [3.8, 4) is 11.1 Å². The van der Waals surface area contributed by atoms with Crippen LogP contribution < -0.4 is 4.90 Å². The molecule has 0 aliphatic heterocycles. The van der Waals surface area contributed by atoms with E-state index in [-0.39, 0.29) is 24.3 Å². The number of amides is 1. The number of pyridine rings is 1. The molecule has 1 amide bonds. The van der Waals surface area contributed by atoms with E-state index in [1.807, 2.05) is 6.07 Å². The molecule has 2 aromatic carbocycles. The van der Waals surface area contributed by atoms with Crippen molar-refractivity contribution in [2.24, 2.45) is 5.92 Å². The monoisotopic (exact) mass is 624 g/mol. The van der Waals surface area contributed by atoms with Crippen LogP contribution in [0.3, 0.4) is 0 Å².